The molecule has 4 heteroatoms. The quantitative estimate of drug-likeness (QED) is 0.816. The normalized spacial score (nSPS) is 20.7. The molecule has 0 aromatic heterocycles. The Morgan fingerprint density at radius 3 is 2.42 bits per heavy atom. The van der Waals surface area contributed by atoms with E-state index in [1.165, 1.54) is 45.2 Å². The highest BCUT2D eigenvalue weighted by atomic mass is 16.6. The number of likely N-dealkylation sites (N-methyl/N-ethyl adjacent to an activating group) is 1. The fourth-order valence-corrected chi connectivity index (χ4v) is 4.18. The Morgan fingerprint density at radius 2 is 1.75 bits per heavy atom. The number of nitrogens with zero attached hydrogens (tertiary/aromatic N) is 2. The summed E-state index contributed by atoms with van der Waals surface area (Å²) in [6, 6.07) is 9.91. The molecule has 1 aromatic carbocycles. The number of amides is 1. The molecule has 2 fully saturated rings. The van der Waals surface area contributed by atoms with Crippen molar-refractivity contribution in [2.75, 3.05) is 26.7 Å². The van der Waals surface area contributed by atoms with E-state index in [0.29, 0.717) is 6.61 Å². The molecule has 1 saturated carbocycles. The van der Waals surface area contributed by atoms with Crippen LogP contribution >= 0.6 is 0 Å². The van der Waals surface area contributed by atoms with Crippen molar-refractivity contribution in [3.63, 3.8) is 0 Å². The lowest BCUT2D eigenvalue weighted by molar-refractivity contribution is 0.0237. The van der Waals surface area contributed by atoms with Gasteiger partial charge >= 0.3 is 6.09 Å². The Hall–Kier alpha value is -1.55. The molecule has 24 heavy (non-hydrogen) atoms. The Labute approximate surface area is 145 Å². The number of likely N-dealkylation sites (tertiary alicyclic amines) is 1. The molecule has 2 aliphatic rings. The molecule has 0 radical (unpaired) electrons. The van der Waals surface area contributed by atoms with Gasteiger partial charge in [-0.25, -0.2) is 4.79 Å². The third-order valence-corrected chi connectivity index (χ3v) is 5.69. The fraction of sp³-hybridized carbons (Fsp3) is 0.650. The Kier molecular flexibility index (Phi) is 5.77. The number of carbonyl (C=O) groups is 1. The van der Waals surface area contributed by atoms with Gasteiger partial charge in [0.2, 0.25) is 0 Å². The topological polar surface area (TPSA) is 32.8 Å². The monoisotopic (exact) mass is 330 g/mol. The van der Waals surface area contributed by atoms with Crippen LogP contribution in [-0.2, 0) is 11.3 Å². The van der Waals surface area contributed by atoms with Crippen molar-refractivity contribution >= 4 is 6.09 Å². The average molecular weight is 330 g/mol. The van der Waals surface area contributed by atoms with Gasteiger partial charge in [-0.2, -0.15) is 0 Å². The highest BCUT2D eigenvalue weighted by Gasteiger charge is 2.41. The third kappa shape index (κ3) is 4.10. The highest BCUT2D eigenvalue weighted by Crippen LogP contribution is 2.35. The van der Waals surface area contributed by atoms with E-state index in [2.05, 4.69) is 4.90 Å². The van der Waals surface area contributed by atoms with E-state index in [-0.39, 0.29) is 11.6 Å². The molecule has 1 saturated heterocycles. The maximum atomic E-state index is 12.7. The Balaban J connectivity index is 1.63. The maximum Gasteiger partial charge on any atom is 0.410 e. The molecule has 0 bridgehead atoms. The van der Waals surface area contributed by atoms with E-state index in [1.807, 2.05) is 42.3 Å². The van der Waals surface area contributed by atoms with E-state index >= 15 is 0 Å². The zero-order valence-electron chi connectivity index (χ0n) is 14.9. The van der Waals surface area contributed by atoms with Crippen molar-refractivity contribution in [1.82, 2.24) is 9.80 Å². The van der Waals surface area contributed by atoms with Gasteiger partial charge in [-0.1, -0.05) is 49.6 Å². The van der Waals surface area contributed by atoms with Gasteiger partial charge in [0.15, 0.2) is 0 Å². The van der Waals surface area contributed by atoms with Gasteiger partial charge in [0.25, 0.3) is 0 Å². The number of hydrogen-bond donors (Lipinski definition) is 0. The van der Waals surface area contributed by atoms with Gasteiger partial charge < -0.3 is 14.5 Å². The summed E-state index contributed by atoms with van der Waals surface area (Å²) in [5.74, 6) is 0. The highest BCUT2D eigenvalue weighted by molar-refractivity contribution is 5.68. The number of rotatable bonds is 5. The van der Waals surface area contributed by atoms with Crippen LogP contribution in [0.3, 0.4) is 0 Å². The van der Waals surface area contributed by atoms with Crippen LogP contribution in [0.4, 0.5) is 4.79 Å². The fourth-order valence-electron chi connectivity index (χ4n) is 4.18. The van der Waals surface area contributed by atoms with Crippen molar-refractivity contribution in [2.24, 2.45) is 0 Å². The van der Waals surface area contributed by atoms with Gasteiger partial charge in [-0.15, -0.1) is 0 Å². The molecule has 1 aliphatic heterocycles. The van der Waals surface area contributed by atoms with Crippen LogP contribution in [0.2, 0.25) is 0 Å². The molecule has 1 aliphatic carbocycles. The van der Waals surface area contributed by atoms with Crippen molar-refractivity contribution < 1.29 is 9.53 Å². The number of hydrogen-bond acceptors (Lipinski definition) is 3. The van der Waals surface area contributed by atoms with Gasteiger partial charge in [0.05, 0.1) is 5.54 Å². The molecule has 1 amide bonds. The standard InChI is InChI=1S/C20H30N2O2/c1-21(19(23)24-16-18-10-4-2-5-11-18)20(12-6-3-7-13-20)17-22-14-8-9-15-22/h2,4-5,10-11H,3,6-9,12-17H2,1H3. The molecule has 1 heterocycles. The largest absolute Gasteiger partial charge is 0.445 e. The summed E-state index contributed by atoms with van der Waals surface area (Å²) in [7, 11) is 1.94. The van der Waals surface area contributed by atoms with Crippen molar-refractivity contribution in [2.45, 2.75) is 57.1 Å². The minimum Gasteiger partial charge on any atom is -0.445 e. The summed E-state index contributed by atoms with van der Waals surface area (Å²) < 4.78 is 5.60. The minimum atomic E-state index is -0.181. The predicted molar refractivity (Wildman–Crippen MR) is 95.9 cm³/mol. The lowest BCUT2D eigenvalue weighted by Crippen LogP contribution is -2.57. The number of carbonyl (C=O) groups excluding carboxylic acids is 1. The van der Waals surface area contributed by atoms with Crippen LogP contribution in [0.25, 0.3) is 0 Å². The molecular weight excluding hydrogens is 300 g/mol. The first-order chi connectivity index (χ1) is 11.7. The van der Waals surface area contributed by atoms with Crippen molar-refractivity contribution in [1.29, 1.82) is 0 Å². The van der Waals surface area contributed by atoms with E-state index in [0.717, 1.165) is 24.9 Å². The van der Waals surface area contributed by atoms with E-state index < -0.39 is 0 Å². The Morgan fingerprint density at radius 1 is 1.08 bits per heavy atom. The lowest BCUT2D eigenvalue weighted by Gasteiger charge is -2.46. The van der Waals surface area contributed by atoms with Gasteiger partial charge in [0, 0.05) is 13.6 Å². The van der Waals surface area contributed by atoms with Gasteiger partial charge in [-0.05, 0) is 44.3 Å². The van der Waals surface area contributed by atoms with Crippen molar-refractivity contribution in [3.05, 3.63) is 35.9 Å². The SMILES string of the molecule is CN(C(=O)OCc1ccccc1)C1(CN2CCCC2)CCCCC1. The summed E-state index contributed by atoms with van der Waals surface area (Å²) in [4.78, 5) is 17.1. The first-order valence-electron chi connectivity index (χ1n) is 9.36. The van der Waals surface area contributed by atoms with Gasteiger partial charge in [-0.3, -0.25) is 0 Å². The predicted octanol–water partition coefficient (Wildman–Crippen LogP) is 4.05. The molecule has 3 rings (SSSR count). The molecular formula is C20H30N2O2. The molecule has 0 atom stereocenters. The zero-order valence-corrected chi connectivity index (χ0v) is 14.9. The first kappa shape index (κ1) is 17.3. The van der Waals surface area contributed by atoms with E-state index in [9.17, 15) is 4.79 Å². The molecule has 1 aromatic rings. The van der Waals surface area contributed by atoms with Gasteiger partial charge in [0.1, 0.15) is 6.61 Å². The molecule has 0 unspecified atom stereocenters. The van der Waals surface area contributed by atoms with Crippen LogP contribution in [-0.4, -0.2) is 48.1 Å². The second kappa shape index (κ2) is 8.02. The zero-order chi connectivity index (χ0) is 16.8. The molecule has 0 spiro atoms. The van der Waals surface area contributed by atoms with E-state index in [1.54, 1.807) is 0 Å². The lowest BCUT2D eigenvalue weighted by atomic mass is 9.80. The second-order valence-corrected chi connectivity index (χ2v) is 7.37. The first-order valence-corrected chi connectivity index (χ1v) is 9.36. The average Bonchev–Trinajstić information content (AvgIpc) is 3.13. The molecule has 4 nitrogen and oxygen atoms in total. The maximum absolute atomic E-state index is 12.7. The smallest absolute Gasteiger partial charge is 0.410 e. The van der Waals surface area contributed by atoms with Crippen LogP contribution in [0, 0.1) is 0 Å². The Bertz CT molecular complexity index is 520. The molecule has 0 N–H and O–H groups in total. The number of benzene rings is 1. The van der Waals surface area contributed by atoms with Crippen LogP contribution < -0.4 is 0 Å². The summed E-state index contributed by atoms with van der Waals surface area (Å²) in [5, 5.41) is 0. The summed E-state index contributed by atoms with van der Waals surface area (Å²) in [6.45, 7) is 3.71. The summed E-state index contributed by atoms with van der Waals surface area (Å²) in [6.07, 6.45) is 8.31. The van der Waals surface area contributed by atoms with Crippen molar-refractivity contribution in [3.8, 4) is 0 Å². The summed E-state index contributed by atoms with van der Waals surface area (Å²) in [5.41, 5.74) is 0.993. The minimum absolute atomic E-state index is 0.0453. The van der Waals surface area contributed by atoms with Crippen LogP contribution in [0.1, 0.15) is 50.5 Å². The van der Waals surface area contributed by atoms with Crippen LogP contribution in [0.15, 0.2) is 30.3 Å². The summed E-state index contributed by atoms with van der Waals surface area (Å²) >= 11 is 0. The van der Waals surface area contributed by atoms with Crippen LogP contribution in [0.5, 0.6) is 0 Å². The molecule has 132 valence electrons. The number of ether oxygens (including phenoxy) is 1. The van der Waals surface area contributed by atoms with E-state index in [4.69, 9.17) is 4.74 Å². The second-order valence-electron chi connectivity index (χ2n) is 7.37. The third-order valence-electron chi connectivity index (χ3n) is 5.69.